The van der Waals surface area contributed by atoms with Crippen molar-refractivity contribution in [1.82, 2.24) is 0 Å². The van der Waals surface area contributed by atoms with Gasteiger partial charge < -0.3 is 19.6 Å². The molecule has 0 radical (unpaired) electrons. The van der Waals surface area contributed by atoms with Gasteiger partial charge in [-0.2, -0.15) is 0 Å². The molecule has 0 bridgehead atoms. The van der Waals surface area contributed by atoms with Gasteiger partial charge in [-0.1, -0.05) is 137 Å². The third kappa shape index (κ3) is 6.84. The van der Waals surface area contributed by atoms with Crippen LogP contribution >= 0.6 is 0 Å². The molecular weight excluding hydrogens is 801 g/mol. The Kier molecular flexibility index (Phi) is 9.92. The highest BCUT2D eigenvalue weighted by atomic mass is 15.2. The number of hydrogen-bond donors (Lipinski definition) is 0. The van der Waals surface area contributed by atoms with Crippen molar-refractivity contribution >= 4 is 56.9 Å². The zero-order valence-electron chi connectivity index (χ0n) is 38.6. The van der Waals surface area contributed by atoms with E-state index in [9.17, 15) is 0 Å². The third-order valence-corrected chi connectivity index (χ3v) is 14.2. The minimum atomic E-state index is -0.239. The highest BCUT2D eigenvalue weighted by molar-refractivity contribution is 5.88. The van der Waals surface area contributed by atoms with E-state index < -0.39 is 0 Å². The van der Waals surface area contributed by atoms with Gasteiger partial charge in [0.2, 0.25) is 0 Å². The van der Waals surface area contributed by atoms with Gasteiger partial charge in [0.25, 0.3) is 0 Å². The maximum Gasteiger partial charge on any atom is 0.0462 e. The second kappa shape index (κ2) is 16.0. The maximum atomic E-state index is 2.48. The van der Waals surface area contributed by atoms with E-state index in [2.05, 4.69) is 280 Å². The van der Waals surface area contributed by atoms with Gasteiger partial charge in [0.1, 0.15) is 0 Å². The molecule has 0 aliphatic carbocycles. The van der Waals surface area contributed by atoms with Gasteiger partial charge in [0.15, 0.2) is 0 Å². The highest BCUT2D eigenvalue weighted by Gasteiger charge is 2.41. The third-order valence-electron chi connectivity index (χ3n) is 14.2. The normalized spacial score (nSPS) is 14.1. The van der Waals surface area contributed by atoms with Crippen molar-refractivity contribution in [2.24, 2.45) is 0 Å². The first-order valence-electron chi connectivity index (χ1n) is 23.0. The van der Waals surface area contributed by atoms with E-state index in [-0.39, 0.29) is 10.8 Å². The van der Waals surface area contributed by atoms with Crippen molar-refractivity contribution in [3.8, 4) is 22.3 Å². The summed E-state index contributed by atoms with van der Waals surface area (Å²) in [5.74, 6) is 0. The minimum Gasteiger partial charge on any atom is -0.344 e. The molecule has 0 N–H and O–H groups in total. The lowest BCUT2D eigenvalue weighted by Crippen LogP contribution is -2.35. The summed E-state index contributed by atoms with van der Waals surface area (Å²) in [5, 5.41) is 0. The number of nitrogens with zero attached hydrogens (tertiary/aromatic N) is 4. The lowest BCUT2D eigenvalue weighted by atomic mass is 9.68. The molecule has 66 heavy (non-hydrogen) atoms. The van der Waals surface area contributed by atoms with Gasteiger partial charge in [-0.3, -0.25) is 0 Å². The van der Waals surface area contributed by atoms with Crippen LogP contribution < -0.4 is 19.6 Å². The van der Waals surface area contributed by atoms with Crippen LogP contribution in [0.2, 0.25) is 0 Å². The van der Waals surface area contributed by atoms with Gasteiger partial charge in [-0.25, -0.2) is 0 Å². The maximum absolute atomic E-state index is 2.48. The predicted octanol–water partition coefficient (Wildman–Crippen LogP) is 16.8. The topological polar surface area (TPSA) is 13.0 Å². The smallest absolute Gasteiger partial charge is 0.0462 e. The van der Waals surface area contributed by atoms with Crippen molar-refractivity contribution in [1.29, 1.82) is 0 Å². The van der Waals surface area contributed by atoms with Crippen LogP contribution in [0.15, 0.2) is 218 Å². The number of para-hydroxylation sites is 4. The molecule has 0 saturated carbocycles. The molecule has 9 aromatic rings. The van der Waals surface area contributed by atoms with E-state index >= 15 is 0 Å². The van der Waals surface area contributed by atoms with Gasteiger partial charge in [0, 0.05) is 81.8 Å². The Bertz CT molecular complexity index is 2900. The van der Waals surface area contributed by atoms with Crippen LogP contribution in [0.1, 0.15) is 49.9 Å². The Hall–Kier alpha value is -7.82. The van der Waals surface area contributed by atoms with Crippen LogP contribution in [0, 0.1) is 0 Å². The van der Waals surface area contributed by atoms with E-state index in [0.29, 0.717) is 0 Å². The Morgan fingerprint density at radius 1 is 0.273 bits per heavy atom. The first kappa shape index (κ1) is 40.9. The van der Waals surface area contributed by atoms with Crippen LogP contribution in [0.3, 0.4) is 0 Å². The Morgan fingerprint density at radius 2 is 0.530 bits per heavy atom. The van der Waals surface area contributed by atoms with Crippen LogP contribution in [-0.4, -0.2) is 14.1 Å². The lowest BCUT2D eigenvalue weighted by Gasteiger charge is -2.45. The number of fused-ring (bicyclic) bond motifs is 4. The summed E-state index contributed by atoms with van der Waals surface area (Å²) in [4.78, 5) is 9.46. The fourth-order valence-electron chi connectivity index (χ4n) is 10.5. The van der Waals surface area contributed by atoms with E-state index in [1.807, 2.05) is 0 Å². The van der Waals surface area contributed by atoms with Crippen molar-refractivity contribution in [2.45, 2.75) is 38.5 Å². The van der Waals surface area contributed by atoms with E-state index in [1.54, 1.807) is 0 Å². The average molecular weight is 855 g/mol. The van der Waals surface area contributed by atoms with Crippen LogP contribution in [-0.2, 0) is 10.8 Å². The molecule has 322 valence electrons. The molecule has 0 fully saturated rings. The molecule has 0 amide bonds. The zero-order chi connectivity index (χ0) is 45.2. The molecule has 9 aromatic carbocycles. The SMILES string of the molecule is CN1c2ccc(-c3ccc(N(c4ccccc4)c4ccccc4)cc3)cc2C(C)(C)c2cc3c(cc21)C(C)(C)c1cc(-c2ccc(N(c4ccccc4)c4ccccc4)cc2)ccc1N3C. The molecule has 4 nitrogen and oxygen atoms in total. The summed E-state index contributed by atoms with van der Waals surface area (Å²) in [5.41, 5.74) is 21.5. The van der Waals surface area contributed by atoms with Gasteiger partial charge >= 0.3 is 0 Å². The van der Waals surface area contributed by atoms with Crippen LogP contribution in [0.25, 0.3) is 22.3 Å². The van der Waals surface area contributed by atoms with Crippen LogP contribution in [0.5, 0.6) is 0 Å². The number of hydrogen-bond acceptors (Lipinski definition) is 4. The molecule has 4 heteroatoms. The van der Waals surface area contributed by atoms with Crippen LogP contribution in [0.4, 0.5) is 56.9 Å². The van der Waals surface area contributed by atoms with Crippen molar-refractivity contribution < 1.29 is 0 Å². The second-order valence-corrected chi connectivity index (χ2v) is 18.8. The van der Waals surface area contributed by atoms with Gasteiger partial charge in [-0.05, 0) is 154 Å². The largest absolute Gasteiger partial charge is 0.344 e. The zero-order valence-corrected chi connectivity index (χ0v) is 38.6. The summed E-state index contributed by atoms with van der Waals surface area (Å²) in [6.45, 7) is 9.58. The molecule has 0 aromatic heterocycles. The summed E-state index contributed by atoms with van der Waals surface area (Å²) >= 11 is 0. The quantitative estimate of drug-likeness (QED) is 0.151. The van der Waals surface area contributed by atoms with Crippen molar-refractivity contribution in [2.75, 3.05) is 33.7 Å². The monoisotopic (exact) mass is 854 g/mol. The molecule has 0 unspecified atom stereocenters. The summed E-state index contributed by atoms with van der Waals surface area (Å²) in [6, 6.07) is 79.5. The molecular formula is C62H54N4. The second-order valence-electron chi connectivity index (χ2n) is 18.8. The standard InChI is InChI=1S/C62H54N4/c1-61(2)53-39-45(43-27-33-51(34-28-43)65(47-19-11-7-12-20-47)48-21-13-8-14-22-48)31-37-57(53)63(5)59-42-56-60(41-55(59)61)64(6)58-38-32-46(40-54(58)62(56,3)4)44-29-35-52(36-30-44)66(49-23-15-9-16-24-49)50-25-17-10-18-26-50/h7-42H,1-6H3. The molecule has 0 atom stereocenters. The minimum absolute atomic E-state index is 0.239. The number of rotatable bonds is 8. The first-order valence-corrected chi connectivity index (χ1v) is 23.0. The fraction of sp³-hybridized carbons (Fsp3) is 0.129. The first-order chi connectivity index (χ1) is 32.1. The summed E-state index contributed by atoms with van der Waals surface area (Å²) in [6.07, 6.45) is 0. The average Bonchev–Trinajstić information content (AvgIpc) is 3.36. The Balaban J connectivity index is 0.904. The van der Waals surface area contributed by atoms with Crippen molar-refractivity contribution in [3.63, 3.8) is 0 Å². The Morgan fingerprint density at radius 3 is 0.833 bits per heavy atom. The number of benzene rings is 9. The van der Waals surface area contributed by atoms with E-state index in [4.69, 9.17) is 0 Å². The highest BCUT2D eigenvalue weighted by Crippen LogP contribution is 2.56. The molecule has 2 aliphatic rings. The van der Waals surface area contributed by atoms with Gasteiger partial charge in [-0.15, -0.1) is 0 Å². The van der Waals surface area contributed by atoms with Gasteiger partial charge in [0.05, 0.1) is 0 Å². The molecule has 2 heterocycles. The summed E-state index contributed by atoms with van der Waals surface area (Å²) < 4.78 is 0. The molecule has 0 saturated heterocycles. The molecule has 11 rings (SSSR count). The predicted molar refractivity (Wildman–Crippen MR) is 280 cm³/mol. The molecule has 2 aliphatic heterocycles. The molecule has 0 spiro atoms. The fourth-order valence-corrected chi connectivity index (χ4v) is 10.5. The van der Waals surface area contributed by atoms with E-state index in [1.165, 1.54) is 67.3 Å². The lowest BCUT2D eigenvalue weighted by molar-refractivity contribution is 0.612. The Labute approximate surface area is 390 Å². The van der Waals surface area contributed by atoms with Crippen molar-refractivity contribution in [3.05, 3.63) is 241 Å². The number of anilines is 10. The van der Waals surface area contributed by atoms with E-state index in [0.717, 1.165) is 34.1 Å². The summed E-state index contributed by atoms with van der Waals surface area (Å²) in [7, 11) is 4.48.